The van der Waals surface area contributed by atoms with Crippen molar-refractivity contribution in [3.8, 4) is 11.5 Å². The van der Waals surface area contributed by atoms with Gasteiger partial charge in [0.1, 0.15) is 17.1 Å². The van der Waals surface area contributed by atoms with Gasteiger partial charge in [-0.05, 0) is 74.4 Å². The molecule has 0 saturated carbocycles. The lowest BCUT2D eigenvalue weighted by atomic mass is 9.98. The Kier molecular flexibility index (Phi) is 4.88. The Bertz CT molecular complexity index is 865. The van der Waals surface area contributed by atoms with Crippen molar-refractivity contribution in [3.63, 3.8) is 0 Å². The highest BCUT2D eigenvalue weighted by atomic mass is 16.6. The highest BCUT2D eigenvalue weighted by molar-refractivity contribution is 5.72. The summed E-state index contributed by atoms with van der Waals surface area (Å²) in [5.74, 6) is 2.59. The third-order valence-corrected chi connectivity index (χ3v) is 5.24. The molecule has 0 spiro atoms. The molecule has 4 nitrogen and oxygen atoms in total. The normalized spacial score (nSPS) is 21.2. The largest absolute Gasteiger partial charge is 0.457 e. The molecule has 0 unspecified atom stereocenters. The Hall–Kier alpha value is -2.75. The summed E-state index contributed by atoms with van der Waals surface area (Å²) in [4.78, 5) is 14.2. The molecule has 0 radical (unpaired) electrons. The summed E-state index contributed by atoms with van der Waals surface area (Å²) in [5, 5.41) is 0. The highest BCUT2D eigenvalue weighted by Gasteiger charge is 2.39. The van der Waals surface area contributed by atoms with Crippen molar-refractivity contribution < 1.29 is 14.3 Å². The van der Waals surface area contributed by atoms with Gasteiger partial charge in [0, 0.05) is 13.1 Å². The Morgan fingerprint density at radius 1 is 0.964 bits per heavy atom. The number of nitrogens with zero attached hydrogens (tertiary/aromatic N) is 1. The SMILES string of the molecule is CC(C)(C)OC(=O)N1C[C@@H]2CC(c3ccc(Oc4ccccc4)cc3)=C[C@@H]2C1. The van der Waals surface area contributed by atoms with E-state index < -0.39 is 5.60 Å². The van der Waals surface area contributed by atoms with E-state index in [0.29, 0.717) is 11.8 Å². The summed E-state index contributed by atoms with van der Waals surface area (Å²) in [6.45, 7) is 7.24. The molecule has 4 heteroatoms. The standard InChI is InChI=1S/C24H27NO3/c1-24(2,3)28-23(26)25-15-19-13-18(14-20(19)16-25)17-9-11-22(12-10-17)27-21-7-5-4-6-8-21/h4-13,19-20H,14-16H2,1-3H3/t19-,20+/m1/s1. The Morgan fingerprint density at radius 2 is 1.64 bits per heavy atom. The fourth-order valence-corrected chi connectivity index (χ4v) is 3.96. The number of rotatable bonds is 3. The monoisotopic (exact) mass is 377 g/mol. The van der Waals surface area contributed by atoms with Gasteiger partial charge in [0.05, 0.1) is 0 Å². The number of allylic oxidation sites excluding steroid dienone is 1. The molecule has 146 valence electrons. The van der Waals surface area contributed by atoms with Crippen LogP contribution in [0.15, 0.2) is 60.7 Å². The van der Waals surface area contributed by atoms with Crippen LogP contribution in [-0.2, 0) is 4.74 Å². The van der Waals surface area contributed by atoms with Gasteiger partial charge < -0.3 is 14.4 Å². The van der Waals surface area contributed by atoms with Crippen molar-refractivity contribution in [2.45, 2.75) is 32.8 Å². The summed E-state index contributed by atoms with van der Waals surface area (Å²) in [6.07, 6.45) is 3.14. The van der Waals surface area contributed by atoms with E-state index in [9.17, 15) is 4.79 Å². The van der Waals surface area contributed by atoms with Crippen molar-refractivity contribution in [2.75, 3.05) is 13.1 Å². The van der Waals surface area contributed by atoms with E-state index in [2.05, 4.69) is 18.2 Å². The number of likely N-dealkylation sites (tertiary alicyclic amines) is 1. The van der Waals surface area contributed by atoms with Crippen LogP contribution in [0.3, 0.4) is 0 Å². The van der Waals surface area contributed by atoms with Crippen LogP contribution in [0.1, 0.15) is 32.8 Å². The molecule has 28 heavy (non-hydrogen) atoms. The van der Waals surface area contributed by atoms with E-state index in [-0.39, 0.29) is 6.09 Å². The van der Waals surface area contributed by atoms with Crippen LogP contribution in [0.4, 0.5) is 4.79 Å². The molecule has 1 amide bonds. The van der Waals surface area contributed by atoms with E-state index in [0.717, 1.165) is 31.0 Å². The molecule has 1 fully saturated rings. The van der Waals surface area contributed by atoms with Crippen LogP contribution < -0.4 is 4.74 Å². The van der Waals surface area contributed by atoms with Crippen molar-refractivity contribution in [2.24, 2.45) is 11.8 Å². The molecule has 2 atom stereocenters. The minimum atomic E-state index is -0.445. The number of fused-ring (bicyclic) bond motifs is 1. The fraction of sp³-hybridized carbons (Fsp3) is 0.375. The lowest BCUT2D eigenvalue weighted by Gasteiger charge is -2.24. The average Bonchev–Trinajstić information content (AvgIpc) is 3.21. The molecular weight excluding hydrogens is 350 g/mol. The Labute approximate surface area is 166 Å². The number of amides is 1. The lowest BCUT2D eigenvalue weighted by molar-refractivity contribution is 0.0285. The van der Waals surface area contributed by atoms with E-state index in [4.69, 9.17) is 9.47 Å². The molecule has 1 heterocycles. The van der Waals surface area contributed by atoms with Gasteiger partial charge in [-0.25, -0.2) is 4.79 Å². The second-order valence-corrected chi connectivity index (χ2v) is 8.64. The third-order valence-electron chi connectivity index (χ3n) is 5.24. The molecule has 2 aromatic rings. The van der Waals surface area contributed by atoms with Crippen molar-refractivity contribution in [1.29, 1.82) is 0 Å². The first-order chi connectivity index (χ1) is 13.4. The number of carbonyl (C=O) groups excluding carboxylic acids is 1. The summed E-state index contributed by atoms with van der Waals surface area (Å²) < 4.78 is 11.4. The molecule has 1 saturated heterocycles. The number of carbonyl (C=O) groups is 1. The maximum Gasteiger partial charge on any atom is 0.410 e. The molecular formula is C24H27NO3. The van der Waals surface area contributed by atoms with E-state index >= 15 is 0 Å². The molecule has 1 aliphatic heterocycles. The zero-order valence-electron chi connectivity index (χ0n) is 16.7. The molecule has 2 aromatic carbocycles. The Balaban J connectivity index is 1.38. The number of ether oxygens (including phenoxy) is 2. The smallest absolute Gasteiger partial charge is 0.410 e. The third kappa shape index (κ3) is 4.22. The summed E-state index contributed by atoms with van der Waals surface area (Å²) >= 11 is 0. The van der Waals surface area contributed by atoms with Gasteiger partial charge >= 0.3 is 6.09 Å². The zero-order valence-corrected chi connectivity index (χ0v) is 16.7. The quantitative estimate of drug-likeness (QED) is 0.684. The number of para-hydroxylation sites is 1. The average molecular weight is 377 g/mol. The van der Waals surface area contributed by atoms with Crippen LogP contribution in [0.5, 0.6) is 11.5 Å². The number of hydrogen-bond donors (Lipinski definition) is 0. The predicted octanol–water partition coefficient (Wildman–Crippen LogP) is 5.75. The van der Waals surface area contributed by atoms with Crippen molar-refractivity contribution in [3.05, 3.63) is 66.2 Å². The second-order valence-electron chi connectivity index (χ2n) is 8.64. The first-order valence-corrected chi connectivity index (χ1v) is 9.89. The second kappa shape index (κ2) is 7.34. The van der Waals surface area contributed by atoms with Gasteiger partial charge in [-0.1, -0.05) is 36.4 Å². The number of benzene rings is 2. The van der Waals surface area contributed by atoms with Crippen LogP contribution in [-0.4, -0.2) is 29.7 Å². The Morgan fingerprint density at radius 3 is 2.29 bits per heavy atom. The van der Waals surface area contributed by atoms with Gasteiger partial charge in [-0.15, -0.1) is 0 Å². The van der Waals surface area contributed by atoms with Crippen LogP contribution in [0.2, 0.25) is 0 Å². The molecule has 0 bridgehead atoms. The maximum atomic E-state index is 12.3. The minimum absolute atomic E-state index is 0.195. The van der Waals surface area contributed by atoms with Crippen LogP contribution in [0.25, 0.3) is 5.57 Å². The van der Waals surface area contributed by atoms with Gasteiger partial charge in [0.2, 0.25) is 0 Å². The summed E-state index contributed by atoms with van der Waals surface area (Å²) in [7, 11) is 0. The molecule has 2 aliphatic rings. The lowest BCUT2D eigenvalue weighted by Crippen LogP contribution is -2.35. The minimum Gasteiger partial charge on any atom is -0.457 e. The van der Waals surface area contributed by atoms with Crippen LogP contribution >= 0.6 is 0 Å². The zero-order chi connectivity index (χ0) is 19.7. The molecule has 0 N–H and O–H groups in total. The highest BCUT2D eigenvalue weighted by Crippen LogP contribution is 2.41. The van der Waals surface area contributed by atoms with Gasteiger partial charge in [-0.2, -0.15) is 0 Å². The van der Waals surface area contributed by atoms with Gasteiger partial charge in [-0.3, -0.25) is 0 Å². The number of hydrogen-bond acceptors (Lipinski definition) is 3. The van der Waals surface area contributed by atoms with E-state index in [1.54, 1.807) is 0 Å². The molecule has 1 aliphatic carbocycles. The van der Waals surface area contributed by atoms with Gasteiger partial charge in [0.15, 0.2) is 0 Å². The first kappa shape index (κ1) is 18.6. The topological polar surface area (TPSA) is 38.8 Å². The van der Waals surface area contributed by atoms with Crippen molar-refractivity contribution >= 4 is 11.7 Å². The van der Waals surface area contributed by atoms with Crippen LogP contribution in [0, 0.1) is 11.8 Å². The van der Waals surface area contributed by atoms with Gasteiger partial charge in [0.25, 0.3) is 0 Å². The fourth-order valence-electron chi connectivity index (χ4n) is 3.96. The van der Waals surface area contributed by atoms with E-state index in [1.165, 1.54) is 11.1 Å². The van der Waals surface area contributed by atoms with E-state index in [1.807, 2.05) is 68.1 Å². The first-order valence-electron chi connectivity index (χ1n) is 9.89. The summed E-state index contributed by atoms with van der Waals surface area (Å²) in [6, 6.07) is 18.1. The maximum absolute atomic E-state index is 12.3. The molecule has 0 aromatic heterocycles. The van der Waals surface area contributed by atoms with Crippen molar-refractivity contribution in [1.82, 2.24) is 4.90 Å². The summed E-state index contributed by atoms with van der Waals surface area (Å²) in [5.41, 5.74) is 2.16. The molecule has 4 rings (SSSR count). The predicted molar refractivity (Wildman–Crippen MR) is 110 cm³/mol.